The van der Waals surface area contributed by atoms with Crippen molar-refractivity contribution in [1.29, 1.82) is 0 Å². The van der Waals surface area contributed by atoms with E-state index >= 15 is 0 Å². The zero-order valence-corrected chi connectivity index (χ0v) is 19.0. The fourth-order valence-electron chi connectivity index (χ4n) is 2.37. The minimum Gasteiger partial charge on any atom is -0.477 e. The number of rotatable bonds is 9. The number of carbonyl (C=O) groups excluding carboxylic acids is 1. The Morgan fingerprint density at radius 3 is 2.16 bits per heavy atom. The molecule has 1 atom stereocenters. The highest BCUT2D eigenvalue weighted by Gasteiger charge is 2.73. The molecule has 0 aliphatic heterocycles. The molecule has 2 rings (SSSR count). The number of hydrogen-bond donors (Lipinski definition) is 1. The first-order chi connectivity index (χ1) is 16.8. The molecule has 2 aromatic carbocycles. The van der Waals surface area contributed by atoms with Crippen molar-refractivity contribution < 1.29 is 62.6 Å². The van der Waals surface area contributed by atoms with Gasteiger partial charge in [-0.15, -0.1) is 0 Å². The van der Waals surface area contributed by atoms with Crippen LogP contribution in [0.4, 0.5) is 55.3 Å². The summed E-state index contributed by atoms with van der Waals surface area (Å²) in [5.74, 6) is -8.22. The Balaban J connectivity index is 2.12. The van der Waals surface area contributed by atoms with E-state index in [2.05, 4.69) is 0 Å². The molecule has 0 aliphatic carbocycles. The first kappa shape index (κ1) is 30.1. The Morgan fingerprint density at radius 2 is 1.62 bits per heavy atom. The number of hydrogen-bond acceptors (Lipinski definition) is 6. The van der Waals surface area contributed by atoms with Crippen LogP contribution in [0.1, 0.15) is 0 Å². The number of thioether (sulfide) groups is 1. The third-order valence-electron chi connectivity index (χ3n) is 4.00. The minimum absolute atomic E-state index is 0.314. The number of anilines is 1. The highest BCUT2D eigenvalue weighted by molar-refractivity contribution is 8.00. The molecule has 1 unspecified atom stereocenters. The number of nitrogens with zero attached hydrogens (tertiary/aromatic N) is 1. The van der Waals surface area contributed by atoms with Crippen molar-refractivity contribution in [3.63, 3.8) is 0 Å². The number of alkyl halides is 10. The van der Waals surface area contributed by atoms with Gasteiger partial charge in [-0.05, 0) is 42.1 Å². The van der Waals surface area contributed by atoms with Gasteiger partial charge in [0.05, 0.1) is 9.82 Å². The lowest BCUT2D eigenvalue weighted by molar-refractivity contribution is -0.386. The van der Waals surface area contributed by atoms with Gasteiger partial charge in [-0.2, -0.15) is 43.9 Å². The molecule has 1 N–H and O–H groups in total. The van der Waals surface area contributed by atoms with Crippen molar-refractivity contribution in [3.05, 3.63) is 52.6 Å². The molecule has 0 bridgehead atoms. The van der Waals surface area contributed by atoms with E-state index in [1.54, 1.807) is 0 Å². The molecule has 2 aromatic rings. The highest BCUT2D eigenvalue weighted by atomic mass is 32.2. The third kappa shape index (κ3) is 7.24. The van der Waals surface area contributed by atoms with Crippen LogP contribution in [0, 0.1) is 10.1 Å². The van der Waals surface area contributed by atoms with Crippen molar-refractivity contribution in [2.75, 3.05) is 11.9 Å². The fourth-order valence-corrected chi connectivity index (χ4v) is 3.92. The monoisotopic (exact) mass is 588 g/mol. The number of nitro benzene ring substituents is 1. The molecule has 19 heteroatoms. The summed E-state index contributed by atoms with van der Waals surface area (Å²) in [6.07, 6.45) is -6.55. The van der Waals surface area contributed by atoms with Gasteiger partial charge in [-0.25, -0.2) is 4.21 Å². The van der Waals surface area contributed by atoms with Gasteiger partial charge in [0.25, 0.3) is 5.91 Å². The molecule has 37 heavy (non-hydrogen) atoms. The summed E-state index contributed by atoms with van der Waals surface area (Å²) in [6.45, 7) is -1.04. The maximum absolute atomic E-state index is 13.6. The van der Waals surface area contributed by atoms with Gasteiger partial charge in [0.15, 0.2) is 23.2 Å². The van der Waals surface area contributed by atoms with Crippen LogP contribution < -0.4 is 10.1 Å². The van der Waals surface area contributed by atoms with Gasteiger partial charge in [0.1, 0.15) is 0 Å². The molecule has 7 nitrogen and oxygen atoms in total. The Hall–Kier alpha value is -3.09. The molecule has 1 amide bonds. The predicted molar refractivity (Wildman–Crippen MR) is 108 cm³/mol. The van der Waals surface area contributed by atoms with Crippen molar-refractivity contribution in [3.8, 4) is 5.75 Å². The fraction of sp³-hybridized carbons (Fsp3) is 0.278. The molecule has 0 radical (unpaired) electrons. The lowest BCUT2D eigenvalue weighted by Gasteiger charge is -2.27. The van der Waals surface area contributed by atoms with Gasteiger partial charge in [0.2, 0.25) is 0 Å². The smallest absolute Gasteiger partial charge is 0.475 e. The number of benzene rings is 2. The topological polar surface area (TPSA) is 98.5 Å². The van der Waals surface area contributed by atoms with Gasteiger partial charge < -0.3 is 10.1 Å². The van der Waals surface area contributed by atoms with E-state index in [0.717, 1.165) is 18.2 Å². The molecular formula is C18H10F10N2O5S2. The number of nitrogens with one attached hydrogen (secondary N) is 1. The molecule has 204 valence electrons. The van der Waals surface area contributed by atoms with Gasteiger partial charge >= 0.3 is 28.5 Å². The number of amides is 1. The Morgan fingerprint density at radius 1 is 1.00 bits per heavy atom. The SMILES string of the molecule is O=C(COc1ccc(S(=O)C(F)(F)F)cc1[N+](=O)[O-])Nc1cccc(SC(F)(F)C(F)(F)C(F)(F)F)c1. The second-order valence-electron chi connectivity index (χ2n) is 6.66. The highest BCUT2D eigenvalue weighted by Crippen LogP contribution is 2.54. The van der Waals surface area contributed by atoms with Crippen LogP contribution in [-0.4, -0.2) is 44.5 Å². The average Bonchev–Trinajstić information content (AvgIpc) is 2.75. The lowest BCUT2D eigenvalue weighted by atomic mass is 10.3. The molecule has 0 spiro atoms. The number of ether oxygens (including phenoxy) is 1. The van der Waals surface area contributed by atoms with Crippen LogP contribution in [0.5, 0.6) is 5.75 Å². The quantitative estimate of drug-likeness (QED) is 0.164. The Labute approximate surface area is 205 Å². The summed E-state index contributed by atoms with van der Waals surface area (Å²) in [5, 5.41) is 7.52. The van der Waals surface area contributed by atoms with Crippen molar-refractivity contribution >= 4 is 39.8 Å². The Kier molecular flexibility index (Phi) is 8.73. The van der Waals surface area contributed by atoms with E-state index in [4.69, 9.17) is 4.74 Å². The van der Waals surface area contributed by atoms with Gasteiger partial charge in [-0.3, -0.25) is 14.9 Å². The van der Waals surface area contributed by atoms with E-state index in [9.17, 15) is 63.0 Å². The first-order valence-corrected chi connectivity index (χ1v) is 11.0. The number of carbonyl (C=O) groups is 1. The van der Waals surface area contributed by atoms with Crippen molar-refractivity contribution in [2.45, 2.75) is 32.7 Å². The zero-order valence-electron chi connectivity index (χ0n) is 17.3. The molecule has 0 aliphatic rings. The third-order valence-corrected chi connectivity index (χ3v) is 6.10. The van der Waals surface area contributed by atoms with Crippen LogP contribution in [0.15, 0.2) is 52.3 Å². The zero-order chi connectivity index (χ0) is 28.4. The summed E-state index contributed by atoms with van der Waals surface area (Å²) in [5.41, 5.74) is -6.65. The summed E-state index contributed by atoms with van der Waals surface area (Å²) in [4.78, 5) is 20.2. The number of halogens is 10. The summed E-state index contributed by atoms with van der Waals surface area (Å²) in [7, 11) is -3.60. The summed E-state index contributed by atoms with van der Waals surface area (Å²) >= 11 is -1.12. The minimum atomic E-state index is -6.55. The van der Waals surface area contributed by atoms with Crippen molar-refractivity contribution in [1.82, 2.24) is 0 Å². The van der Waals surface area contributed by atoms with Crippen molar-refractivity contribution in [2.24, 2.45) is 0 Å². The molecule has 0 heterocycles. The summed E-state index contributed by atoms with van der Waals surface area (Å²) in [6, 6.07) is 4.91. The van der Waals surface area contributed by atoms with Crippen LogP contribution in [-0.2, 0) is 15.6 Å². The van der Waals surface area contributed by atoms with E-state index in [1.165, 1.54) is 0 Å². The van der Waals surface area contributed by atoms with E-state index in [-0.39, 0.29) is 5.69 Å². The standard InChI is InChI=1S/C18H10F10N2O5S2/c19-15(20,16(21,22)23)17(24,25)36-10-3-1-2-9(6-10)29-14(31)8-35-13-5-4-11(7-12(13)30(32)33)37(34)18(26,27)28/h1-7H,8H2,(H,29,31). The van der Waals surface area contributed by atoms with E-state index in [0.29, 0.717) is 24.3 Å². The normalized spacial score (nSPS) is 13.7. The average molecular weight is 588 g/mol. The number of nitro groups is 1. The molecule has 0 saturated carbocycles. The van der Waals surface area contributed by atoms with Gasteiger partial charge in [-0.1, -0.05) is 6.07 Å². The maximum Gasteiger partial charge on any atom is 0.475 e. The van der Waals surface area contributed by atoms with Crippen LogP contribution in [0.25, 0.3) is 0 Å². The maximum atomic E-state index is 13.6. The van der Waals surface area contributed by atoms with Crippen LogP contribution >= 0.6 is 11.8 Å². The molecule has 0 fully saturated rings. The Bertz CT molecular complexity index is 1200. The van der Waals surface area contributed by atoms with E-state index < -0.39 is 84.1 Å². The molecule has 0 aromatic heterocycles. The van der Waals surface area contributed by atoms with Crippen LogP contribution in [0.3, 0.4) is 0 Å². The molecular weight excluding hydrogens is 578 g/mol. The van der Waals surface area contributed by atoms with Crippen LogP contribution in [0.2, 0.25) is 0 Å². The largest absolute Gasteiger partial charge is 0.477 e. The lowest BCUT2D eigenvalue weighted by Crippen LogP contribution is -2.49. The first-order valence-electron chi connectivity index (χ1n) is 9.07. The summed E-state index contributed by atoms with van der Waals surface area (Å²) < 4.78 is 144. The molecule has 0 saturated heterocycles. The van der Waals surface area contributed by atoms with Gasteiger partial charge in [0, 0.05) is 16.6 Å². The predicted octanol–water partition coefficient (Wildman–Crippen LogP) is 6.12. The second-order valence-corrected chi connectivity index (χ2v) is 9.32. The van der Waals surface area contributed by atoms with E-state index in [1.807, 2.05) is 5.32 Å². The second kappa shape index (κ2) is 10.7.